The first-order valence-electron chi connectivity index (χ1n) is 9.32. The fourth-order valence-electron chi connectivity index (χ4n) is 3.88. The predicted octanol–water partition coefficient (Wildman–Crippen LogP) is 2.19. The van der Waals surface area contributed by atoms with E-state index in [1.54, 1.807) is 0 Å². The van der Waals surface area contributed by atoms with Gasteiger partial charge in [0.1, 0.15) is 5.82 Å². The monoisotopic (exact) mass is 370 g/mol. The minimum absolute atomic E-state index is 0.250. The van der Waals surface area contributed by atoms with Crippen LogP contribution in [-0.4, -0.2) is 58.5 Å². The maximum absolute atomic E-state index is 12.6. The predicted molar refractivity (Wildman–Crippen MR) is 103 cm³/mol. The summed E-state index contributed by atoms with van der Waals surface area (Å²) in [6.45, 7) is 5.25. The van der Waals surface area contributed by atoms with Crippen LogP contribution in [0.4, 0.5) is 5.69 Å². The Morgan fingerprint density at radius 1 is 1.37 bits per heavy atom. The van der Waals surface area contributed by atoms with E-state index in [9.17, 15) is 4.79 Å². The second-order valence-corrected chi connectivity index (χ2v) is 7.00. The molecular weight excluding hydrogens is 344 g/mol. The number of aromatic nitrogens is 2. The molecule has 2 aliphatic heterocycles. The number of carboxylic acid groups (broad SMARTS) is 1. The Bertz CT molecular complexity index is 789. The van der Waals surface area contributed by atoms with Crippen LogP contribution >= 0.6 is 0 Å². The summed E-state index contributed by atoms with van der Waals surface area (Å²) in [5, 5.41) is 6.89. The molecule has 144 valence electrons. The fourth-order valence-corrected chi connectivity index (χ4v) is 3.88. The molecule has 1 aromatic carbocycles. The first kappa shape index (κ1) is 18.9. The minimum Gasteiger partial charge on any atom is -0.483 e. The third kappa shape index (κ3) is 4.48. The van der Waals surface area contributed by atoms with Crippen molar-refractivity contribution in [2.24, 2.45) is 0 Å². The second kappa shape index (κ2) is 8.70. The van der Waals surface area contributed by atoms with Crippen molar-refractivity contribution in [2.75, 3.05) is 31.1 Å². The first-order valence-corrected chi connectivity index (χ1v) is 9.32. The number of anilines is 1. The van der Waals surface area contributed by atoms with Crippen molar-refractivity contribution >= 4 is 18.1 Å². The molecule has 27 heavy (non-hydrogen) atoms. The van der Waals surface area contributed by atoms with Gasteiger partial charge in [0.05, 0.1) is 0 Å². The molecule has 1 unspecified atom stereocenters. The Hall–Kier alpha value is -2.83. The Balaban J connectivity index is 0.000000659. The largest absolute Gasteiger partial charge is 0.483 e. The Labute approximate surface area is 159 Å². The first-order chi connectivity index (χ1) is 13.1. The average Bonchev–Trinajstić information content (AvgIpc) is 3.39. The molecule has 2 aromatic rings. The molecule has 1 fully saturated rings. The van der Waals surface area contributed by atoms with Crippen LogP contribution in [-0.2, 0) is 16.0 Å². The number of aromatic amines is 1. The molecule has 7 heteroatoms. The maximum Gasteiger partial charge on any atom is 0.290 e. The van der Waals surface area contributed by atoms with Gasteiger partial charge in [0, 0.05) is 56.1 Å². The third-order valence-electron chi connectivity index (χ3n) is 5.23. The summed E-state index contributed by atoms with van der Waals surface area (Å²) in [6.07, 6.45) is 4.56. The number of aryl methyl sites for hydroxylation is 1. The summed E-state index contributed by atoms with van der Waals surface area (Å²) < 4.78 is 0. The number of hydrogen-bond donors (Lipinski definition) is 2. The van der Waals surface area contributed by atoms with Crippen LogP contribution in [0.5, 0.6) is 0 Å². The standard InChI is InChI=1S/C19H24N4O.CH2O2/c1-14-12-20-19(21-14)16-7-10-23(13-16)18(24)8-11-22-9-6-15-4-2-3-5-17(15)22;2-1-3/h2-5,12,16H,6-11,13H2,1H3,(H,20,21);1H,(H,2,3). The van der Waals surface area contributed by atoms with E-state index in [2.05, 4.69) is 39.1 Å². The van der Waals surface area contributed by atoms with Crippen LogP contribution in [0.15, 0.2) is 30.5 Å². The summed E-state index contributed by atoms with van der Waals surface area (Å²) in [5.41, 5.74) is 3.79. The summed E-state index contributed by atoms with van der Waals surface area (Å²) in [4.78, 5) is 33.0. The van der Waals surface area contributed by atoms with Crippen molar-refractivity contribution < 1.29 is 14.7 Å². The molecule has 0 saturated carbocycles. The molecule has 0 radical (unpaired) electrons. The van der Waals surface area contributed by atoms with Crippen LogP contribution in [0.25, 0.3) is 0 Å². The van der Waals surface area contributed by atoms with Gasteiger partial charge in [-0.2, -0.15) is 0 Å². The van der Waals surface area contributed by atoms with Crippen LogP contribution in [0, 0.1) is 6.92 Å². The summed E-state index contributed by atoms with van der Waals surface area (Å²) >= 11 is 0. The lowest BCUT2D eigenvalue weighted by atomic mass is 10.1. The van der Waals surface area contributed by atoms with Gasteiger partial charge in [-0.15, -0.1) is 0 Å². The Kier molecular flexibility index (Phi) is 6.11. The number of benzene rings is 1. The molecular formula is C20H26N4O3. The number of nitrogens with one attached hydrogen (secondary N) is 1. The van der Waals surface area contributed by atoms with Crippen molar-refractivity contribution in [2.45, 2.75) is 32.1 Å². The van der Waals surface area contributed by atoms with E-state index in [1.165, 1.54) is 11.3 Å². The Morgan fingerprint density at radius 2 is 2.15 bits per heavy atom. The summed E-state index contributed by atoms with van der Waals surface area (Å²) in [6, 6.07) is 8.52. The third-order valence-corrected chi connectivity index (χ3v) is 5.23. The van der Waals surface area contributed by atoms with Gasteiger partial charge in [0.15, 0.2) is 0 Å². The molecule has 0 bridgehead atoms. The van der Waals surface area contributed by atoms with Gasteiger partial charge in [-0.1, -0.05) is 18.2 Å². The number of likely N-dealkylation sites (tertiary alicyclic amines) is 1. The zero-order valence-electron chi connectivity index (χ0n) is 15.6. The number of nitrogens with zero attached hydrogens (tertiary/aromatic N) is 3. The number of rotatable bonds is 4. The van der Waals surface area contributed by atoms with E-state index >= 15 is 0 Å². The molecule has 0 aliphatic carbocycles. The van der Waals surface area contributed by atoms with Gasteiger partial charge in [-0.25, -0.2) is 4.98 Å². The van der Waals surface area contributed by atoms with Crippen molar-refractivity contribution in [1.29, 1.82) is 0 Å². The SMILES string of the molecule is Cc1cnc(C2CCN(C(=O)CCN3CCc4ccccc43)C2)[nH]1.O=CO. The van der Waals surface area contributed by atoms with Crippen LogP contribution in [0.3, 0.4) is 0 Å². The highest BCUT2D eigenvalue weighted by Gasteiger charge is 2.29. The zero-order valence-corrected chi connectivity index (χ0v) is 15.6. The van der Waals surface area contributed by atoms with Crippen molar-refractivity contribution in [3.63, 3.8) is 0 Å². The van der Waals surface area contributed by atoms with Crippen LogP contribution in [0.2, 0.25) is 0 Å². The highest BCUT2D eigenvalue weighted by Crippen LogP contribution is 2.28. The van der Waals surface area contributed by atoms with Gasteiger partial charge in [0.2, 0.25) is 5.91 Å². The smallest absolute Gasteiger partial charge is 0.290 e. The topological polar surface area (TPSA) is 89.5 Å². The highest BCUT2D eigenvalue weighted by molar-refractivity contribution is 5.77. The molecule has 1 saturated heterocycles. The molecule has 1 amide bonds. The molecule has 0 spiro atoms. The molecule has 7 nitrogen and oxygen atoms in total. The van der Waals surface area contributed by atoms with Gasteiger partial charge >= 0.3 is 0 Å². The fraction of sp³-hybridized carbons (Fsp3) is 0.450. The van der Waals surface area contributed by atoms with E-state index < -0.39 is 0 Å². The minimum atomic E-state index is -0.250. The number of imidazole rings is 1. The van der Waals surface area contributed by atoms with Crippen LogP contribution < -0.4 is 4.90 Å². The second-order valence-electron chi connectivity index (χ2n) is 7.00. The normalized spacial score (nSPS) is 18.0. The van der Waals surface area contributed by atoms with Crippen molar-refractivity contribution in [3.05, 3.63) is 47.5 Å². The molecule has 1 atom stereocenters. The van der Waals surface area contributed by atoms with E-state index in [-0.39, 0.29) is 12.4 Å². The number of hydrogen-bond acceptors (Lipinski definition) is 4. The lowest BCUT2D eigenvalue weighted by Crippen LogP contribution is -2.32. The number of fused-ring (bicyclic) bond motifs is 1. The van der Waals surface area contributed by atoms with Gasteiger partial charge in [0.25, 0.3) is 6.47 Å². The number of carbonyl (C=O) groups is 2. The van der Waals surface area contributed by atoms with E-state index in [0.29, 0.717) is 12.3 Å². The van der Waals surface area contributed by atoms with Crippen molar-refractivity contribution in [1.82, 2.24) is 14.9 Å². The lowest BCUT2D eigenvalue weighted by Gasteiger charge is -2.21. The quantitative estimate of drug-likeness (QED) is 0.806. The van der Waals surface area contributed by atoms with Crippen LogP contribution in [0.1, 0.15) is 35.8 Å². The van der Waals surface area contributed by atoms with E-state index in [4.69, 9.17) is 9.90 Å². The number of H-pyrrole nitrogens is 1. The molecule has 2 N–H and O–H groups in total. The molecule has 4 rings (SSSR count). The lowest BCUT2D eigenvalue weighted by molar-refractivity contribution is -0.130. The number of para-hydroxylation sites is 1. The highest BCUT2D eigenvalue weighted by atomic mass is 16.3. The summed E-state index contributed by atoms with van der Waals surface area (Å²) in [5.74, 6) is 1.65. The van der Waals surface area contributed by atoms with Crippen molar-refractivity contribution in [3.8, 4) is 0 Å². The molecule has 3 heterocycles. The molecule has 2 aliphatic rings. The average molecular weight is 370 g/mol. The van der Waals surface area contributed by atoms with Gasteiger partial charge in [-0.05, 0) is 31.4 Å². The Morgan fingerprint density at radius 3 is 2.89 bits per heavy atom. The zero-order chi connectivity index (χ0) is 19.2. The summed E-state index contributed by atoms with van der Waals surface area (Å²) in [7, 11) is 0. The van der Waals surface area contributed by atoms with E-state index in [1.807, 2.05) is 18.0 Å². The number of amides is 1. The van der Waals surface area contributed by atoms with Gasteiger partial charge < -0.3 is 19.9 Å². The molecule has 1 aromatic heterocycles. The maximum atomic E-state index is 12.6. The van der Waals surface area contributed by atoms with Gasteiger partial charge in [-0.3, -0.25) is 9.59 Å². The number of carbonyl (C=O) groups excluding carboxylic acids is 1. The van der Waals surface area contributed by atoms with E-state index in [0.717, 1.165) is 50.5 Å².